The van der Waals surface area contributed by atoms with Crippen LogP contribution in [0.4, 0.5) is 10.5 Å². The molecule has 6 amide bonds. The molecular weight excluding hydrogens is 950 g/mol. The van der Waals surface area contributed by atoms with E-state index in [9.17, 15) is 38.4 Å². The molecule has 3 aliphatic heterocycles. The molecule has 0 bridgehead atoms. The van der Waals surface area contributed by atoms with Gasteiger partial charge in [-0.3, -0.25) is 38.5 Å². The van der Waals surface area contributed by atoms with Gasteiger partial charge in [0.2, 0.25) is 11.8 Å². The number of halogens is 1. The zero-order chi connectivity index (χ0) is 51.9. The topological polar surface area (TPSA) is 199 Å². The van der Waals surface area contributed by atoms with Crippen molar-refractivity contribution in [2.45, 2.75) is 71.3 Å². The number of hydrogen-bond acceptors (Lipinski definition) is 10. The molecule has 17 heteroatoms. The van der Waals surface area contributed by atoms with Crippen molar-refractivity contribution in [3.63, 3.8) is 0 Å². The van der Waals surface area contributed by atoms with E-state index in [-0.39, 0.29) is 84.6 Å². The van der Waals surface area contributed by atoms with E-state index in [1.807, 2.05) is 63.4 Å². The smallest absolute Gasteiger partial charge is 0.409 e. The Hall–Kier alpha value is -7.17. The summed E-state index contributed by atoms with van der Waals surface area (Å²) < 4.78 is 6.06. The molecule has 0 spiro atoms. The van der Waals surface area contributed by atoms with Crippen LogP contribution >= 0.6 is 11.6 Å². The molecule has 4 heterocycles. The van der Waals surface area contributed by atoms with Crippen LogP contribution in [0.2, 0.25) is 0 Å². The Morgan fingerprint density at radius 2 is 1.52 bits per heavy atom. The molecule has 8 rings (SSSR count). The minimum absolute atomic E-state index is 0.0669. The maximum absolute atomic E-state index is 14.4. The summed E-state index contributed by atoms with van der Waals surface area (Å²) in [5, 5.41) is 8.16. The Balaban J connectivity index is 0.839. The van der Waals surface area contributed by atoms with E-state index in [1.165, 1.54) is 12.2 Å². The van der Waals surface area contributed by atoms with Gasteiger partial charge in [0.05, 0.1) is 11.7 Å². The SMILES string of the molecule is CC(C)[C@H](NC(=O)[C@H](C)CCCNC(=O)CCCN1C(=O)C=CC1=O)C(=O)Cc1ccc(C(=O)Cc2ccc3[nH]c(C(=O)N4C[C@@H](CCl)c5c4cc(OC(=O)N4CCN(C)CC4)c4ccccc54)cc3c2)cc1. The molecule has 4 aromatic carbocycles. The van der Waals surface area contributed by atoms with Crippen LogP contribution in [0.15, 0.2) is 91.0 Å². The highest BCUT2D eigenvalue weighted by Gasteiger charge is 2.36. The van der Waals surface area contributed by atoms with Gasteiger partial charge in [-0.25, -0.2) is 4.79 Å². The number of alkyl halides is 1. The standard InChI is InChI=1S/C56H62ClN7O9/c1-34(2)53(60-54(70)35(3)9-7-21-58-49(67)12-8-22-63-50(68)19-20-51(63)69)47(66)28-36-13-16-38(17-14-36)46(65)29-37-15-18-43-39(27-37)30-44(59-43)55(71)64-33-40(32-57)52-42-11-6-5-10-41(42)48(31-45(52)64)73-56(72)62-25-23-61(4)24-26-62/h5-6,10-11,13-20,27,30-31,34-35,40,53,59H,7-9,12,21-26,28-29,32-33H2,1-4H3,(H,58,67)(H,60,70)/t35-,40-,53+/m1/s1. The number of nitrogens with zero attached hydrogens (tertiary/aromatic N) is 4. The maximum atomic E-state index is 14.4. The molecule has 3 atom stereocenters. The second kappa shape index (κ2) is 23.1. The van der Waals surface area contributed by atoms with Gasteiger partial charge in [-0.05, 0) is 72.5 Å². The summed E-state index contributed by atoms with van der Waals surface area (Å²) in [6.45, 7) is 9.03. The fourth-order valence-electron chi connectivity index (χ4n) is 9.74. The third-order valence-electron chi connectivity index (χ3n) is 14.0. The number of Topliss-reactive ketones (excluding diaryl/α,β-unsaturated/α-hetero) is 2. The number of ketones is 2. The molecule has 16 nitrogen and oxygen atoms in total. The summed E-state index contributed by atoms with van der Waals surface area (Å²) in [6, 6.07) is 23.1. The molecule has 1 aromatic heterocycles. The van der Waals surface area contributed by atoms with Crippen molar-refractivity contribution in [3.8, 4) is 5.75 Å². The monoisotopic (exact) mass is 1010 g/mol. The number of imide groups is 1. The molecular formula is C56H62ClN7O9. The normalized spacial score (nSPS) is 16.6. The van der Waals surface area contributed by atoms with Gasteiger partial charge in [0.1, 0.15) is 11.4 Å². The van der Waals surface area contributed by atoms with Gasteiger partial charge in [-0.2, -0.15) is 0 Å². The number of ether oxygens (including phenoxy) is 1. The number of aromatic amines is 1. The number of likely N-dealkylation sites (N-methyl/N-ethyl adjacent to an activating group) is 1. The Bertz CT molecular complexity index is 2960. The molecule has 3 aliphatic rings. The van der Waals surface area contributed by atoms with Crippen LogP contribution in [0.3, 0.4) is 0 Å². The minimum Gasteiger partial charge on any atom is -0.409 e. The zero-order valence-electron chi connectivity index (χ0n) is 41.7. The number of hydrogen-bond donors (Lipinski definition) is 3. The number of carbonyl (C=O) groups excluding carboxylic acids is 8. The lowest BCUT2D eigenvalue weighted by atomic mass is 9.93. The summed E-state index contributed by atoms with van der Waals surface area (Å²) in [6.07, 6.45) is 3.73. The quantitative estimate of drug-likeness (QED) is 0.0317. The molecule has 1 fully saturated rings. The van der Waals surface area contributed by atoms with Crippen LogP contribution < -0.4 is 20.3 Å². The molecule has 1 saturated heterocycles. The van der Waals surface area contributed by atoms with Crippen molar-refractivity contribution in [2.24, 2.45) is 11.8 Å². The van der Waals surface area contributed by atoms with E-state index < -0.39 is 18.1 Å². The van der Waals surface area contributed by atoms with Crippen LogP contribution in [0.1, 0.15) is 89.9 Å². The Labute approximate surface area is 429 Å². The summed E-state index contributed by atoms with van der Waals surface area (Å²) in [5.41, 5.74) is 4.62. The van der Waals surface area contributed by atoms with Gasteiger partial charge in [-0.1, -0.05) is 75.4 Å². The zero-order valence-corrected chi connectivity index (χ0v) is 42.5. The third kappa shape index (κ3) is 12.2. The number of anilines is 1. The molecule has 382 valence electrons. The first kappa shape index (κ1) is 52.2. The van der Waals surface area contributed by atoms with Crippen molar-refractivity contribution in [3.05, 3.63) is 119 Å². The predicted octanol–water partition coefficient (Wildman–Crippen LogP) is 6.97. The number of piperazine rings is 1. The summed E-state index contributed by atoms with van der Waals surface area (Å²) in [5.74, 6) is -1.80. The summed E-state index contributed by atoms with van der Waals surface area (Å²) in [7, 11) is 2.02. The predicted molar refractivity (Wildman–Crippen MR) is 279 cm³/mol. The van der Waals surface area contributed by atoms with E-state index in [1.54, 1.807) is 53.1 Å². The second-order valence-electron chi connectivity index (χ2n) is 19.7. The first-order chi connectivity index (χ1) is 35.1. The highest BCUT2D eigenvalue weighted by molar-refractivity contribution is 6.19. The fraction of sp³-hybridized carbons (Fsp3) is 0.393. The number of fused-ring (bicyclic) bond motifs is 4. The summed E-state index contributed by atoms with van der Waals surface area (Å²) >= 11 is 6.56. The molecule has 5 aromatic rings. The number of carbonyl (C=O) groups is 8. The van der Waals surface area contributed by atoms with Crippen LogP contribution in [0.25, 0.3) is 21.7 Å². The van der Waals surface area contributed by atoms with Crippen molar-refractivity contribution in [1.82, 2.24) is 30.3 Å². The number of aromatic nitrogens is 1. The number of rotatable bonds is 20. The van der Waals surface area contributed by atoms with Gasteiger partial charge in [0.25, 0.3) is 17.7 Å². The lowest BCUT2D eigenvalue weighted by Gasteiger charge is -2.31. The molecule has 0 saturated carbocycles. The second-order valence-corrected chi connectivity index (χ2v) is 20.0. The first-order valence-corrected chi connectivity index (χ1v) is 25.6. The lowest BCUT2D eigenvalue weighted by Crippen LogP contribution is -2.48. The molecule has 3 N–H and O–H groups in total. The fourth-order valence-corrected chi connectivity index (χ4v) is 9.99. The van der Waals surface area contributed by atoms with Gasteiger partial charge >= 0.3 is 6.09 Å². The Morgan fingerprint density at radius 1 is 0.822 bits per heavy atom. The maximum Gasteiger partial charge on any atom is 0.415 e. The van der Waals surface area contributed by atoms with E-state index in [2.05, 4.69) is 20.5 Å². The average Bonchev–Trinajstić information content (AvgIpc) is 4.08. The van der Waals surface area contributed by atoms with E-state index in [4.69, 9.17) is 16.3 Å². The Morgan fingerprint density at radius 3 is 2.22 bits per heavy atom. The largest absolute Gasteiger partial charge is 0.415 e. The van der Waals surface area contributed by atoms with E-state index in [0.717, 1.165) is 50.8 Å². The lowest BCUT2D eigenvalue weighted by molar-refractivity contribution is -0.137. The average molecular weight is 1010 g/mol. The third-order valence-corrected chi connectivity index (χ3v) is 14.4. The van der Waals surface area contributed by atoms with Gasteiger partial charge in [-0.15, -0.1) is 11.6 Å². The van der Waals surface area contributed by atoms with E-state index in [0.29, 0.717) is 73.7 Å². The van der Waals surface area contributed by atoms with E-state index >= 15 is 0 Å². The van der Waals surface area contributed by atoms with Crippen LogP contribution in [0, 0.1) is 11.8 Å². The van der Waals surface area contributed by atoms with Crippen molar-refractivity contribution >= 4 is 86.2 Å². The van der Waals surface area contributed by atoms with Gasteiger partial charge < -0.3 is 35.1 Å². The van der Waals surface area contributed by atoms with Crippen molar-refractivity contribution in [2.75, 3.05) is 63.6 Å². The highest BCUT2D eigenvalue weighted by Crippen LogP contribution is 2.46. The van der Waals surface area contributed by atoms with Crippen LogP contribution in [-0.4, -0.2) is 132 Å². The number of benzene rings is 4. The molecule has 0 unspecified atom stereocenters. The molecule has 0 aliphatic carbocycles. The Kier molecular flexibility index (Phi) is 16.5. The first-order valence-electron chi connectivity index (χ1n) is 25.0. The van der Waals surface area contributed by atoms with Crippen molar-refractivity contribution in [1.29, 1.82) is 0 Å². The van der Waals surface area contributed by atoms with Crippen LogP contribution in [-0.2, 0) is 36.8 Å². The van der Waals surface area contributed by atoms with Crippen LogP contribution in [0.5, 0.6) is 5.75 Å². The van der Waals surface area contributed by atoms with Crippen molar-refractivity contribution < 1.29 is 43.1 Å². The molecule has 73 heavy (non-hydrogen) atoms. The minimum atomic E-state index is -0.717. The number of nitrogens with one attached hydrogen (secondary N) is 3. The number of H-pyrrole nitrogens is 1. The van der Waals surface area contributed by atoms with Gasteiger partial charge in [0, 0.05) is 123 Å². The molecule has 0 radical (unpaired) electrons. The number of amides is 6. The van der Waals surface area contributed by atoms with Gasteiger partial charge in [0.15, 0.2) is 11.6 Å². The summed E-state index contributed by atoms with van der Waals surface area (Å²) in [4.78, 5) is 114. The highest BCUT2D eigenvalue weighted by atomic mass is 35.5.